The first-order chi connectivity index (χ1) is 7.72. The summed E-state index contributed by atoms with van der Waals surface area (Å²) in [6.07, 6.45) is 3.33. The van der Waals surface area contributed by atoms with E-state index >= 15 is 0 Å². The lowest BCUT2D eigenvalue weighted by Crippen LogP contribution is -2.22. The average molecular weight is 288 g/mol. The van der Waals surface area contributed by atoms with Crippen LogP contribution >= 0.6 is 15.9 Å². The quantitative estimate of drug-likeness (QED) is 0.471. The number of hydrazine groups is 1. The minimum absolute atomic E-state index is 0.309. The van der Waals surface area contributed by atoms with Crippen molar-refractivity contribution in [1.29, 1.82) is 0 Å². The number of aliphatic hydroxyl groups excluding tert-OH is 1. The minimum atomic E-state index is -0.309. The van der Waals surface area contributed by atoms with Gasteiger partial charge in [0, 0.05) is 6.54 Å². The summed E-state index contributed by atoms with van der Waals surface area (Å²) in [6.45, 7) is 0.490. The maximum atomic E-state index is 9.71. The predicted octanol–water partition coefficient (Wildman–Crippen LogP) is 0.708. The Morgan fingerprint density at radius 3 is 2.81 bits per heavy atom. The molecular formula is C9H14BrN5O. The molecule has 1 aliphatic carbocycles. The summed E-state index contributed by atoms with van der Waals surface area (Å²) in [6, 6.07) is 0. The lowest BCUT2D eigenvalue weighted by molar-refractivity contribution is 0.164. The zero-order valence-corrected chi connectivity index (χ0v) is 10.2. The van der Waals surface area contributed by atoms with E-state index in [9.17, 15) is 5.11 Å². The van der Waals surface area contributed by atoms with Crippen molar-refractivity contribution in [3.63, 3.8) is 0 Å². The molecule has 1 unspecified atom stereocenters. The zero-order chi connectivity index (χ0) is 11.5. The molecule has 6 nitrogen and oxygen atoms in total. The van der Waals surface area contributed by atoms with E-state index in [2.05, 4.69) is 36.6 Å². The molecule has 0 saturated heterocycles. The lowest BCUT2D eigenvalue weighted by atomic mass is 10.2. The van der Waals surface area contributed by atoms with Gasteiger partial charge in [-0.25, -0.2) is 15.8 Å². The molecule has 7 heteroatoms. The summed E-state index contributed by atoms with van der Waals surface area (Å²) >= 11 is 3.33. The zero-order valence-electron chi connectivity index (χ0n) is 8.65. The van der Waals surface area contributed by atoms with Gasteiger partial charge in [0.05, 0.1) is 6.10 Å². The molecule has 0 amide bonds. The van der Waals surface area contributed by atoms with E-state index in [1.807, 2.05) is 0 Å². The second-order valence-electron chi connectivity index (χ2n) is 3.81. The van der Waals surface area contributed by atoms with E-state index in [0.717, 1.165) is 12.8 Å². The fourth-order valence-electron chi connectivity index (χ4n) is 1.44. The molecule has 0 radical (unpaired) electrons. The molecule has 88 valence electrons. The van der Waals surface area contributed by atoms with Crippen LogP contribution in [-0.4, -0.2) is 27.7 Å². The standard InChI is InChI=1S/C9H14BrN5O/c10-7-8(13-4-14-9(7)15-11)12-3-6(16)5-1-2-5/h4-6,16H,1-3,11H2,(H2,12,13,14,15). The Labute approximate surface area is 102 Å². The number of hydrogen-bond donors (Lipinski definition) is 4. The number of rotatable bonds is 5. The number of aromatic nitrogens is 2. The van der Waals surface area contributed by atoms with Gasteiger partial charge in [-0.1, -0.05) is 0 Å². The summed E-state index contributed by atoms with van der Waals surface area (Å²) in [5.41, 5.74) is 2.46. The lowest BCUT2D eigenvalue weighted by Gasteiger charge is -2.13. The predicted molar refractivity (Wildman–Crippen MR) is 64.8 cm³/mol. The molecule has 1 atom stereocenters. The fourth-order valence-corrected chi connectivity index (χ4v) is 1.90. The monoisotopic (exact) mass is 287 g/mol. The molecular weight excluding hydrogens is 274 g/mol. The van der Waals surface area contributed by atoms with Crippen LogP contribution in [-0.2, 0) is 0 Å². The van der Waals surface area contributed by atoms with Crippen molar-refractivity contribution in [2.45, 2.75) is 18.9 Å². The van der Waals surface area contributed by atoms with Gasteiger partial charge in [-0.2, -0.15) is 0 Å². The maximum Gasteiger partial charge on any atom is 0.159 e. The van der Waals surface area contributed by atoms with Crippen LogP contribution in [0, 0.1) is 5.92 Å². The van der Waals surface area contributed by atoms with E-state index in [1.165, 1.54) is 6.33 Å². The highest BCUT2D eigenvalue weighted by atomic mass is 79.9. The fraction of sp³-hybridized carbons (Fsp3) is 0.556. The normalized spacial score (nSPS) is 16.9. The van der Waals surface area contributed by atoms with Gasteiger partial charge in [-0.05, 0) is 34.7 Å². The SMILES string of the molecule is NNc1ncnc(NCC(O)C2CC2)c1Br. The highest BCUT2D eigenvalue weighted by molar-refractivity contribution is 9.10. The second-order valence-corrected chi connectivity index (χ2v) is 4.61. The smallest absolute Gasteiger partial charge is 0.159 e. The largest absolute Gasteiger partial charge is 0.391 e. The van der Waals surface area contributed by atoms with Gasteiger partial charge in [0.15, 0.2) is 5.82 Å². The van der Waals surface area contributed by atoms with Crippen LogP contribution in [0.5, 0.6) is 0 Å². The summed E-state index contributed by atoms with van der Waals surface area (Å²) in [5.74, 6) is 6.87. The summed E-state index contributed by atoms with van der Waals surface area (Å²) in [4.78, 5) is 8.00. The average Bonchev–Trinajstić information content (AvgIpc) is 3.11. The number of hydrogen-bond acceptors (Lipinski definition) is 6. The first kappa shape index (κ1) is 11.6. The van der Waals surface area contributed by atoms with E-state index in [-0.39, 0.29) is 6.10 Å². The number of nitrogens with two attached hydrogens (primary N) is 1. The van der Waals surface area contributed by atoms with Crippen molar-refractivity contribution >= 4 is 27.6 Å². The van der Waals surface area contributed by atoms with E-state index in [4.69, 9.17) is 5.84 Å². The summed E-state index contributed by atoms with van der Waals surface area (Å²) in [5, 5.41) is 12.8. The van der Waals surface area contributed by atoms with Crippen molar-refractivity contribution in [1.82, 2.24) is 9.97 Å². The Balaban J connectivity index is 1.97. The molecule has 1 aliphatic rings. The molecule has 0 spiro atoms. The first-order valence-electron chi connectivity index (χ1n) is 5.11. The van der Waals surface area contributed by atoms with Crippen molar-refractivity contribution in [2.75, 3.05) is 17.3 Å². The third-order valence-electron chi connectivity index (χ3n) is 2.57. The van der Waals surface area contributed by atoms with Crippen LogP contribution in [0.25, 0.3) is 0 Å². The molecule has 1 aromatic heterocycles. The van der Waals surface area contributed by atoms with Crippen molar-refractivity contribution in [2.24, 2.45) is 11.8 Å². The van der Waals surface area contributed by atoms with Crippen LogP contribution < -0.4 is 16.6 Å². The molecule has 1 saturated carbocycles. The number of nitrogens with zero attached hydrogens (tertiary/aromatic N) is 2. The third-order valence-corrected chi connectivity index (χ3v) is 3.32. The number of halogens is 1. The molecule has 5 N–H and O–H groups in total. The Hall–Kier alpha value is -0.920. The van der Waals surface area contributed by atoms with Crippen molar-refractivity contribution in [3.05, 3.63) is 10.8 Å². The number of nitrogen functional groups attached to an aromatic ring is 1. The topological polar surface area (TPSA) is 96.1 Å². The maximum absolute atomic E-state index is 9.71. The molecule has 1 heterocycles. The molecule has 16 heavy (non-hydrogen) atoms. The molecule has 1 aromatic rings. The van der Waals surface area contributed by atoms with Crippen LogP contribution in [0.4, 0.5) is 11.6 Å². The number of anilines is 2. The third kappa shape index (κ3) is 2.60. The molecule has 0 bridgehead atoms. The van der Waals surface area contributed by atoms with Gasteiger partial charge in [0.2, 0.25) is 0 Å². The highest BCUT2D eigenvalue weighted by Gasteiger charge is 2.29. The molecule has 1 fully saturated rings. The van der Waals surface area contributed by atoms with Gasteiger partial charge in [-0.15, -0.1) is 0 Å². The Morgan fingerprint density at radius 1 is 1.50 bits per heavy atom. The summed E-state index contributed by atoms with van der Waals surface area (Å²) < 4.78 is 0.667. The molecule has 2 rings (SSSR count). The Bertz CT molecular complexity index is 371. The Morgan fingerprint density at radius 2 is 2.19 bits per heavy atom. The van der Waals surface area contributed by atoms with Crippen LogP contribution in [0.2, 0.25) is 0 Å². The van der Waals surface area contributed by atoms with Gasteiger partial charge in [-0.3, -0.25) is 0 Å². The van der Waals surface area contributed by atoms with E-state index in [0.29, 0.717) is 28.6 Å². The van der Waals surface area contributed by atoms with Gasteiger partial charge in [0.1, 0.15) is 16.6 Å². The summed E-state index contributed by atoms with van der Waals surface area (Å²) in [7, 11) is 0. The second kappa shape index (κ2) is 4.94. The van der Waals surface area contributed by atoms with Crippen LogP contribution in [0.1, 0.15) is 12.8 Å². The highest BCUT2D eigenvalue weighted by Crippen LogP contribution is 2.33. The van der Waals surface area contributed by atoms with Gasteiger partial charge in [0.25, 0.3) is 0 Å². The molecule has 0 aliphatic heterocycles. The number of aliphatic hydroxyl groups is 1. The first-order valence-corrected chi connectivity index (χ1v) is 5.90. The van der Waals surface area contributed by atoms with E-state index in [1.54, 1.807) is 0 Å². The molecule has 0 aromatic carbocycles. The van der Waals surface area contributed by atoms with Crippen molar-refractivity contribution in [3.8, 4) is 0 Å². The van der Waals surface area contributed by atoms with Gasteiger partial charge >= 0.3 is 0 Å². The Kier molecular flexibility index (Phi) is 3.57. The van der Waals surface area contributed by atoms with Crippen LogP contribution in [0.15, 0.2) is 10.8 Å². The van der Waals surface area contributed by atoms with Crippen molar-refractivity contribution < 1.29 is 5.11 Å². The van der Waals surface area contributed by atoms with Gasteiger partial charge < -0.3 is 15.8 Å². The number of nitrogens with one attached hydrogen (secondary N) is 2. The van der Waals surface area contributed by atoms with Crippen LogP contribution in [0.3, 0.4) is 0 Å². The van der Waals surface area contributed by atoms with E-state index < -0.39 is 0 Å². The minimum Gasteiger partial charge on any atom is -0.391 e.